The van der Waals surface area contributed by atoms with E-state index >= 15 is 0 Å². The van der Waals surface area contributed by atoms with E-state index in [1.54, 1.807) is 18.9 Å². The molecule has 114 valence electrons. The molecule has 0 saturated heterocycles. The predicted molar refractivity (Wildman–Crippen MR) is 87.1 cm³/mol. The van der Waals surface area contributed by atoms with Gasteiger partial charge in [0.15, 0.2) is 0 Å². The number of nitrogens with zero attached hydrogens (tertiary/aromatic N) is 2. The van der Waals surface area contributed by atoms with Crippen LogP contribution in [0.1, 0.15) is 11.3 Å². The second-order valence-corrected chi connectivity index (χ2v) is 6.19. The average Bonchev–Trinajstić information content (AvgIpc) is 2.76. The van der Waals surface area contributed by atoms with Gasteiger partial charge in [0.25, 0.3) is 0 Å². The van der Waals surface area contributed by atoms with Crippen LogP contribution in [0.15, 0.2) is 34.2 Å². The van der Waals surface area contributed by atoms with Gasteiger partial charge in [-0.25, -0.2) is 0 Å². The molecule has 0 atom stereocenters. The van der Waals surface area contributed by atoms with E-state index in [2.05, 4.69) is 22.5 Å². The molecule has 2 rings (SSSR count). The van der Waals surface area contributed by atoms with Crippen LogP contribution in [0.25, 0.3) is 0 Å². The third kappa shape index (κ3) is 4.48. The largest absolute Gasteiger partial charge is 0.383 e. The van der Waals surface area contributed by atoms with Crippen LogP contribution >= 0.6 is 23.4 Å². The van der Waals surface area contributed by atoms with Crippen LogP contribution in [0, 0.1) is 6.92 Å². The Morgan fingerprint density at radius 1 is 1.43 bits per heavy atom. The summed E-state index contributed by atoms with van der Waals surface area (Å²) in [6.45, 7) is 4.27. The van der Waals surface area contributed by atoms with Gasteiger partial charge in [0.2, 0.25) is 0 Å². The standard InChI is InChI=1S/C15H20ClN3OS/c1-11-9-14(19(2)18-11)21-15-12(5-4-6-13(15)16)10-17-7-8-20-3/h4-6,9,17H,7-8,10H2,1-3H3. The number of hydrogen-bond donors (Lipinski definition) is 1. The summed E-state index contributed by atoms with van der Waals surface area (Å²) < 4.78 is 6.92. The Labute approximate surface area is 134 Å². The van der Waals surface area contributed by atoms with E-state index in [-0.39, 0.29) is 0 Å². The number of benzene rings is 1. The van der Waals surface area contributed by atoms with E-state index in [0.717, 1.165) is 33.7 Å². The van der Waals surface area contributed by atoms with Crippen molar-refractivity contribution in [2.75, 3.05) is 20.3 Å². The van der Waals surface area contributed by atoms with E-state index in [1.807, 2.05) is 30.8 Å². The van der Waals surface area contributed by atoms with Crippen LogP contribution in [0.4, 0.5) is 0 Å². The zero-order valence-corrected chi connectivity index (χ0v) is 14.1. The van der Waals surface area contributed by atoms with Gasteiger partial charge in [-0.3, -0.25) is 4.68 Å². The minimum atomic E-state index is 0.698. The quantitative estimate of drug-likeness (QED) is 0.793. The fourth-order valence-corrected chi connectivity index (χ4v) is 3.35. The topological polar surface area (TPSA) is 39.1 Å². The zero-order chi connectivity index (χ0) is 15.2. The molecule has 4 nitrogen and oxygen atoms in total. The summed E-state index contributed by atoms with van der Waals surface area (Å²) in [5, 5.41) is 9.58. The molecule has 6 heteroatoms. The lowest BCUT2D eigenvalue weighted by atomic mass is 10.2. The number of aryl methyl sites for hydroxylation is 2. The monoisotopic (exact) mass is 325 g/mol. The number of nitrogens with one attached hydrogen (secondary N) is 1. The molecule has 21 heavy (non-hydrogen) atoms. The maximum absolute atomic E-state index is 6.38. The highest BCUT2D eigenvalue weighted by molar-refractivity contribution is 7.99. The summed E-state index contributed by atoms with van der Waals surface area (Å²) >= 11 is 8.02. The van der Waals surface area contributed by atoms with Gasteiger partial charge in [0, 0.05) is 32.1 Å². The molecule has 0 fully saturated rings. The minimum absolute atomic E-state index is 0.698. The van der Waals surface area contributed by atoms with Gasteiger partial charge in [-0.2, -0.15) is 5.10 Å². The van der Waals surface area contributed by atoms with Gasteiger partial charge < -0.3 is 10.1 Å². The molecule has 0 aliphatic rings. The van der Waals surface area contributed by atoms with Crippen LogP contribution < -0.4 is 5.32 Å². The van der Waals surface area contributed by atoms with Crippen molar-refractivity contribution in [3.8, 4) is 0 Å². The third-order valence-electron chi connectivity index (χ3n) is 3.01. The number of hydrogen-bond acceptors (Lipinski definition) is 4. The Morgan fingerprint density at radius 2 is 2.24 bits per heavy atom. The normalized spacial score (nSPS) is 11.0. The molecule has 0 aliphatic heterocycles. The number of methoxy groups -OCH3 is 1. The molecule has 2 aromatic rings. The second-order valence-electron chi connectivity index (χ2n) is 4.75. The van der Waals surface area contributed by atoms with Crippen LogP contribution in [0.2, 0.25) is 5.02 Å². The predicted octanol–water partition coefficient (Wildman–Crippen LogP) is 3.27. The van der Waals surface area contributed by atoms with Crippen LogP contribution in [-0.4, -0.2) is 30.0 Å². The maximum atomic E-state index is 6.38. The molecule has 0 saturated carbocycles. The molecule has 0 bridgehead atoms. The van der Waals surface area contributed by atoms with Crippen molar-refractivity contribution in [2.24, 2.45) is 7.05 Å². The lowest BCUT2D eigenvalue weighted by Gasteiger charge is -2.12. The van der Waals surface area contributed by atoms with Crippen molar-refractivity contribution in [2.45, 2.75) is 23.4 Å². The van der Waals surface area contributed by atoms with E-state index < -0.39 is 0 Å². The highest BCUT2D eigenvalue weighted by Gasteiger charge is 2.11. The number of aromatic nitrogens is 2. The molecule has 0 spiro atoms. The first-order chi connectivity index (χ1) is 10.1. The summed E-state index contributed by atoms with van der Waals surface area (Å²) in [7, 11) is 3.65. The van der Waals surface area contributed by atoms with Crippen LogP contribution in [-0.2, 0) is 18.3 Å². The molecule has 0 unspecified atom stereocenters. The first-order valence-corrected chi connectivity index (χ1v) is 7.97. The van der Waals surface area contributed by atoms with Crippen LogP contribution in [0.5, 0.6) is 0 Å². The Hall–Kier alpha value is -1.01. The highest BCUT2D eigenvalue weighted by atomic mass is 35.5. The van der Waals surface area contributed by atoms with Gasteiger partial charge in [-0.15, -0.1) is 0 Å². The molecule has 1 aromatic carbocycles. The van der Waals surface area contributed by atoms with Gasteiger partial charge >= 0.3 is 0 Å². The summed E-state index contributed by atoms with van der Waals surface area (Å²) in [4.78, 5) is 1.08. The number of ether oxygens (including phenoxy) is 1. The molecular formula is C15H20ClN3OS. The van der Waals surface area contributed by atoms with Crippen molar-refractivity contribution < 1.29 is 4.74 Å². The van der Waals surface area contributed by atoms with Crippen molar-refractivity contribution in [1.82, 2.24) is 15.1 Å². The molecule has 1 aromatic heterocycles. The first kappa shape index (κ1) is 16.4. The number of halogens is 1. The molecular weight excluding hydrogens is 306 g/mol. The van der Waals surface area contributed by atoms with Gasteiger partial charge in [-0.1, -0.05) is 35.5 Å². The lowest BCUT2D eigenvalue weighted by Crippen LogP contribution is -2.18. The van der Waals surface area contributed by atoms with E-state index in [0.29, 0.717) is 6.61 Å². The molecule has 0 radical (unpaired) electrons. The lowest BCUT2D eigenvalue weighted by molar-refractivity contribution is 0.199. The van der Waals surface area contributed by atoms with Crippen molar-refractivity contribution in [3.05, 3.63) is 40.5 Å². The number of rotatable bonds is 7. The average molecular weight is 326 g/mol. The SMILES string of the molecule is COCCNCc1cccc(Cl)c1Sc1cc(C)nn1C. The van der Waals surface area contributed by atoms with Crippen molar-refractivity contribution >= 4 is 23.4 Å². The first-order valence-electron chi connectivity index (χ1n) is 6.77. The third-order valence-corrected chi connectivity index (χ3v) is 4.72. The van der Waals surface area contributed by atoms with Crippen molar-refractivity contribution in [1.29, 1.82) is 0 Å². The Balaban J connectivity index is 2.15. The summed E-state index contributed by atoms with van der Waals surface area (Å²) in [5.74, 6) is 0. The Kier molecular flexibility index (Phi) is 6.11. The summed E-state index contributed by atoms with van der Waals surface area (Å²) in [6, 6.07) is 8.06. The van der Waals surface area contributed by atoms with Gasteiger partial charge in [0.05, 0.1) is 22.3 Å². The summed E-state index contributed by atoms with van der Waals surface area (Å²) in [6.07, 6.45) is 0. The minimum Gasteiger partial charge on any atom is -0.383 e. The smallest absolute Gasteiger partial charge is 0.0987 e. The van der Waals surface area contributed by atoms with E-state index in [1.165, 1.54) is 5.56 Å². The zero-order valence-electron chi connectivity index (χ0n) is 12.5. The molecule has 0 aliphatic carbocycles. The maximum Gasteiger partial charge on any atom is 0.0987 e. The summed E-state index contributed by atoms with van der Waals surface area (Å²) in [5.41, 5.74) is 2.19. The van der Waals surface area contributed by atoms with Crippen LogP contribution in [0.3, 0.4) is 0 Å². The second kappa shape index (κ2) is 7.84. The van der Waals surface area contributed by atoms with Gasteiger partial charge in [0.1, 0.15) is 0 Å². The Bertz CT molecular complexity index is 601. The van der Waals surface area contributed by atoms with E-state index in [9.17, 15) is 0 Å². The highest BCUT2D eigenvalue weighted by Crippen LogP contribution is 2.36. The van der Waals surface area contributed by atoms with Crippen molar-refractivity contribution in [3.63, 3.8) is 0 Å². The molecule has 1 N–H and O–H groups in total. The molecule has 1 heterocycles. The molecule has 0 amide bonds. The fourth-order valence-electron chi connectivity index (χ4n) is 1.99. The van der Waals surface area contributed by atoms with E-state index in [4.69, 9.17) is 16.3 Å². The Morgan fingerprint density at radius 3 is 2.90 bits per heavy atom. The van der Waals surface area contributed by atoms with Gasteiger partial charge in [-0.05, 0) is 24.6 Å². The fraction of sp³-hybridized carbons (Fsp3) is 0.400.